The third-order valence-corrected chi connectivity index (χ3v) is 18.7. The minimum Gasteiger partial charge on any atom is -0.857 e. The Balaban J connectivity index is 0.000000235. The van der Waals surface area contributed by atoms with Crippen LogP contribution in [0.3, 0.4) is 0 Å². The van der Waals surface area contributed by atoms with E-state index in [1.165, 1.54) is 49.7 Å². The van der Waals surface area contributed by atoms with E-state index >= 15 is 0 Å². The number of aldehydes is 1. The number of rotatable bonds is 16. The van der Waals surface area contributed by atoms with Gasteiger partial charge in [0.1, 0.15) is 11.4 Å². The van der Waals surface area contributed by atoms with Gasteiger partial charge in [-0.15, -0.1) is 17.4 Å². The molecule has 0 bridgehead atoms. The maximum absolute atomic E-state index is 11.7. The van der Waals surface area contributed by atoms with Gasteiger partial charge in [0.25, 0.3) is 11.8 Å². The van der Waals surface area contributed by atoms with Crippen LogP contribution in [0.1, 0.15) is 47.6 Å². The largest absolute Gasteiger partial charge is 1.00 e. The molecule has 0 saturated heterocycles. The van der Waals surface area contributed by atoms with E-state index in [9.17, 15) is 42.5 Å². The molecule has 0 fully saturated rings. The van der Waals surface area contributed by atoms with Crippen molar-refractivity contribution in [2.45, 2.75) is 0 Å². The second kappa shape index (κ2) is 48.1. The molecule has 4 unspecified atom stereocenters. The van der Waals surface area contributed by atoms with Gasteiger partial charge in [-0.2, -0.15) is 27.9 Å². The molecule has 0 saturated carbocycles. The number of aromatic amines is 3. The average Bonchev–Trinajstić information content (AvgIpc) is 1.68. The number of nitrogens with zero attached hydrogens (tertiary/aromatic N) is 15. The van der Waals surface area contributed by atoms with Crippen molar-refractivity contribution in [3.05, 3.63) is 298 Å². The van der Waals surface area contributed by atoms with Crippen LogP contribution >= 0.6 is 31.8 Å². The quantitative estimate of drug-likeness (QED) is 0.0110. The zero-order valence-corrected chi connectivity index (χ0v) is 69.1. The second-order valence-electron chi connectivity index (χ2n) is 22.0. The molecular weight excluding hydrogens is 1540 g/mol. The standard InChI is InChI=1S/C12H9N4O2P.2C11H8N4O.C11H9N2O3P.C11H10N2O2P.C10H10N2OP.C9H8N2.CH3O.2Na/c1-19(18)16-7-10(9-2-4-14-5-3-9)6-11(16)12(17)15-8-13;2*12-7-15-11(16)10-5-9(6-14-10)8-1-3-13-4-2-8;1-17(16)13-7-9(6-10(13)11(14)15)8-2-4-12-5-3-8;1-16(15)13-7-10(6-11(13)8-14)9-2-4-12-5-3-9;1-14(13)12-7-4-10(8-12)9-2-5-11-6-3-9;1-4-10-5-2-8(1)9-3-6-11-7-9;1-2;;/h2-7H,1H3;2*1-6,14H,(H,15,16);2-7H,1H3;2-8H,1H3;2-8H,1H3;1-7,11H;1H3;;/q;;;;2*+1;;-1;2*+1/p+1. The van der Waals surface area contributed by atoms with Gasteiger partial charge in [-0.1, -0.05) is 0 Å². The van der Waals surface area contributed by atoms with Gasteiger partial charge in [0.05, 0.1) is 36.7 Å². The molecule has 31 nitrogen and oxygen atoms in total. The van der Waals surface area contributed by atoms with E-state index in [4.69, 9.17) is 26.0 Å². The number of amides is 2. The molecule has 14 aromatic rings. The minimum absolute atomic E-state index is 0. The first-order valence-electron chi connectivity index (χ1n) is 32.3. The number of carboxylic acid groups (broad SMARTS) is 1. The Hall–Kier alpha value is -12.6. The van der Waals surface area contributed by atoms with Gasteiger partial charge in [-0.25, -0.2) is 4.79 Å². The van der Waals surface area contributed by atoms with Crippen molar-refractivity contribution in [2.24, 2.45) is 4.99 Å². The zero-order chi connectivity index (χ0) is 80.0. The van der Waals surface area contributed by atoms with Crippen molar-refractivity contribution in [1.82, 2.24) is 77.8 Å². The molecule has 0 aromatic carbocycles. The van der Waals surface area contributed by atoms with E-state index in [0.29, 0.717) is 23.4 Å². The molecule has 0 aliphatic heterocycles. The first kappa shape index (κ1) is 91.0. The molecule has 2 amide bonds. The topological polar surface area (TPSA) is 468 Å². The number of aliphatic imine (C=N–C) groups is 1. The molecule has 37 heteroatoms. The number of aromatic carboxylic acids is 1. The van der Waals surface area contributed by atoms with Crippen LogP contribution in [0, 0.1) is 34.4 Å². The smallest absolute Gasteiger partial charge is 0.857 e. The van der Waals surface area contributed by atoms with Crippen LogP contribution in [0.25, 0.3) is 77.9 Å². The Morgan fingerprint density at radius 3 is 1.14 bits per heavy atom. The first-order valence-corrected chi connectivity index (χ1v) is 38.9. The molecule has 0 radical (unpaired) electrons. The number of H-pyrrole nitrogens is 3. The van der Waals surface area contributed by atoms with Gasteiger partial charge in [0.15, 0.2) is 56.7 Å². The zero-order valence-electron chi connectivity index (χ0n) is 61.5. The Bertz CT molecular complexity index is 5550. The molecule has 0 aliphatic rings. The number of pyridine rings is 7. The van der Waals surface area contributed by atoms with Gasteiger partial charge >= 0.3 is 96.9 Å². The summed E-state index contributed by atoms with van der Waals surface area (Å²) in [5.74, 6) is -2.67. The van der Waals surface area contributed by atoms with Crippen LogP contribution < -0.4 is 80.0 Å². The molecular formula is C76H66N20Na2O11P4+4. The Morgan fingerprint density at radius 1 is 0.442 bits per heavy atom. The van der Waals surface area contributed by atoms with Gasteiger partial charge < -0.3 is 30.3 Å². The Morgan fingerprint density at radius 2 is 0.796 bits per heavy atom. The molecule has 113 heavy (non-hydrogen) atoms. The normalized spacial score (nSPS) is 10.4. The van der Waals surface area contributed by atoms with Crippen molar-refractivity contribution >= 4 is 61.8 Å². The van der Waals surface area contributed by atoms with E-state index in [-0.39, 0.29) is 70.5 Å². The van der Waals surface area contributed by atoms with Gasteiger partial charge in [0, 0.05) is 145 Å². The molecule has 4 atom stereocenters. The van der Waals surface area contributed by atoms with Crippen LogP contribution in [0.15, 0.2) is 275 Å². The van der Waals surface area contributed by atoms with Crippen molar-refractivity contribution in [1.29, 1.82) is 15.8 Å². The molecule has 14 heterocycles. The van der Waals surface area contributed by atoms with E-state index < -0.39 is 55.5 Å². The molecule has 0 aliphatic carbocycles. The predicted octanol–water partition coefficient (Wildman–Crippen LogP) is 6.82. The van der Waals surface area contributed by atoms with Crippen LogP contribution in [0.4, 0.5) is 0 Å². The maximum Gasteiger partial charge on any atom is 1.00 e. The summed E-state index contributed by atoms with van der Waals surface area (Å²) in [5, 5.41) is 57.7. The van der Waals surface area contributed by atoms with Crippen LogP contribution in [0.5, 0.6) is 0 Å². The van der Waals surface area contributed by atoms with E-state index in [2.05, 4.69) is 54.8 Å². The van der Waals surface area contributed by atoms with Crippen LogP contribution in [-0.4, -0.2) is 136 Å². The summed E-state index contributed by atoms with van der Waals surface area (Å²) in [4.78, 5) is 84.0. The molecule has 14 aromatic heterocycles. The molecule has 6 N–H and O–H groups in total. The maximum atomic E-state index is 11.7. The summed E-state index contributed by atoms with van der Waals surface area (Å²) >= 11 is 0. The van der Waals surface area contributed by atoms with Crippen LogP contribution in [-0.2, 0) is 18.3 Å². The average molecular weight is 1610 g/mol. The predicted molar refractivity (Wildman–Crippen MR) is 415 cm³/mol. The summed E-state index contributed by atoms with van der Waals surface area (Å²) in [6, 6.07) is 38.1. The minimum atomic E-state index is -1.75. The number of carbonyl (C=O) groups excluding carboxylic acids is 3. The fourth-order valence-electron chi connectivity index (χ4n) is 9.73. The first-order chi connectivity index (χ1) is 53.8. The molecule has 0 spiro atoms. The SMILES string of the molecule is C[O-].C[P+](=O)n1cc(-c2ccncc2)cc1C(=O)NC#N.C[P+](=O)n1cc(-c2ccncc2)cc1C(=O)O.C[P+](=O)n1cc(-c2ccncc2)cc1C=O.C[P+](=O)n1ccc(-c2ccncc2)c1.N#CN=C([O-])c1cc(-c2ccncc2)c[nH]1.N#CNC(=O)c1cc(-c2ccncc2)c[nH]1.[Na+].[Na+].c1cc(-c2cc[nH]c2)ccn1. The Labute approximate surface area is 695 Å². The van der Waals surface area contributed by atoms with Crippen molar-refractivity contribution in [3.8, 4) is 96.5 Å². The number of hydrogen-bond acceptors (Lipinski definition) is 21. The number of nitrogens with one attached hydrogen (secondary N) is 5. The van der Waals surface area contributed by atoms with Gasteiger partial charge in [-0.05, 0) is 196 Å². The summed E-state index contributed by atoms with van der Waals surface area (Å²) < 4.78 is 51.5. The Kier molecular flexibility index (Phi) is 38.8. The summed E-state index contributed by atoms with van der Waals surface area (Å²) in [5.41, 5.74) is 14.5. The molecule has 14 rings (SSSR count). The second-order valence-corrected chi connectivity index (χ2v) is 27.4. The third-order valence-electron chi connectivity index (χ3n) is 14.9. The molecule has 554 valence electrons. The number of hydrogen-bond donors (Lipinski definition) is 6. The summed E-state index contributed by atoms with van der Waals surface area (Å²) in [6.07, 6.45) is 44.9. The van der Waals surface area contributed by atoms with E-state index in [1.54, 1.807) is 196 Å². The number of aromatic nitrogens is 14. The van der Waals surface area contributed by atoms with E-state index in [1.807, 2.05) is 108 Å². The number of nitriles is 3. The van der Waals surface area contributed by atoms with Gasteiger partial charge in [-0.3, -0.25) is 59.9 Å². The fourth-order valence-corrected chi connectivity index (χ4v) is 12.5. The van der Waals surface area contributed by atoms with E-state index in [0.717, 1.165) is 73.9 Å². The summed E-state index contributed by atoms with van der Waals surface area (Å²) in [6.45, 7) is 6.22. The fraction of sp³-hybridized carbons (Fsp3) is 0.0658. The monoisotopic (exact) mass is 1600 g/mol. The number of carboxylic acids is 1. The van der Waals surface area contributed by atoms with Gasteiger partial charge in [0.2, 0.25) is 6.19 Å². The van der Waals surface area contributed by atoms with Crippen molar-refractivity contribution < 1.29 is 112 Å². The third kappa shape index (κ3) is 27.7. The summed E-state index contributed by atoms with van der Waals surface area (Å²) in [7, 11) is -5.63. The van der Waals surface area contributed by atoms with Crippen molar-refractivity contribution in [3.63, 3.8) is 0 Å². The van der Waals surface area contributed by atoms with Crippen LogP contribution in [0.2, 0.25) is 0 Å². The van der Waals surface area contributed by atoms with Crippen molar-refractivity contribution in [2.75, 3.05) is 33.8 Å². The number of carbonyl (C=O) groups is 4.